The van der Waals surface area contributed by atoms with Crippen molar-refractivity contribution < 1.29 is 4.79 Å². The van der Waals surface area contributed by atoms with Crippen LogP contribution in [-0.2, 0) is 6.54 Å². The first-order valence-corrected chi connectivity index (χ1v) is 8.15. The Morgan fingerprint density at radius 3 is 2.46 bits per heavy atom. The van der Waals surface area contributed by atoms with E-state index in [0.29, 0.717) is 18.1 Å². The number of nitrogens with zero attached hydrogens (tertiary/aromatic N) is 4. The minimum absolute atomic E-state index is 0.258. The predicted molar refractivity (Wildman–Crippen MR) is 102 cm³/mol. The van der Waals surface area contributed by atoms with E-state index in [9.17, 15) is 4.79 Å². The highest BCUT2D eigenvalue weighted by Crippen LogP contribution is 2.16. The average molecular weight is 348 g/mol. The predicted octanol–water partition coefficient (Wildman–Crippen LogP) is 2.80. The summed E-state index contributed by atoms with van der Waals surface area (Å²) < 4.78 is 0. The summed E-state index contributed by atoms with van der Waals surface area (Å²) >= 11 is 0. The van der Waals surface area contributed by atoms with Crippen molar-refractivity contribution in [3.8, 4) is 0 Å². The quantitative estimate of drug-likeness (QED) is 0.713. The van der Waals surface area contributed by atoms with Crippen LogP contribution in [0.15, 0.2) is 61.2 Å². The van der Waals surface area contributed by atoms with Crippen molar-refractivity contribution in [2.45, 2.75) is 6.54 Å². The zero-order valence-electron chi connectivity index (χ0n) is 14.7. The number of hydrogen-bond acceptors (Lipinski definition) is 6. The molecule has 3 aromatic rings. The van der Waals surface area contributed by atoms with E-state index >= 15 is 0 Å². The molecule has 0 spiro atoms. The lowest BCUT2D eigenvalue weighted by molar-refractivity contribution is 0.102. The standard InChI is InChI=1S/C19H20N6O/c1-25(2)16-7-5-15(6-8-16)24-19(26)17-12-23-18(13-21-17)22-11-14-4-3-9-20-10-14/h3-10,12-13H,11H2,1-2H3,(H,22,23)(H,24,26). The van der Waals surface area contributed by atoms with E-state index in [1.165, 1.54) is 6.20 Å². The highest BCUT2D eigenvalue weighted by Gasteiger charge is 2.09. The molecule has 0 bridgehead atoms. The van der Waals surface area contributed by atoms with E-state index in [4.69, 9.17) is 0 Å². The molecule has 0 aliphatic heterocycles. The topological polar surface area (TPSA) is 83.0 Å². The van der Waals surface area contributed by atoms with Crippen molar-refractivity contribution in [3.63, 3.8) is 0 Å². The highest BCUT2D eigenvalue weighted by molar-refractivity contribution is 6.02. The van der Waals surface area contributed by atoms with Crippen molar-refractivity contribution in [2.75, 3.05) is 29.6 Å². The Bertz CT molecular complexity index is 847. The van der Waals surface area contributed by atoms with Gasteiger partial charge in [-0.3, -0.25) is 9.78 Å². The van der Waals surface area contributed by atoms with Crippen LogP contribution in [-0.4, -0.2) is 35.0 Å². The van der Waals surface area contributed by atoms with Gasteiger partial charge in [0.15, 0.2) is 0 Å². The van der Waals surface area contributed by atoms with E-state index in [0.717, 1.165) is 11.3 Å². The van der Waals surface area contributed by atoms with Crippen LogP contribution in [0.4, 0.5) is 17.2 Å². The van der Waals surface area contributed by atoms with Crippen LogP contribution in [0.1, 0.15) is 16.1 Å². The first-order valence-electron chi connectivity index (χ1n) is 8.15. The molecule has 0 unspecified atom stereocenters. The van der Waals surface area contributed by atoms with E-state index in [1.807, 2.05) is 55.4 Å². The lowest BCUT2D eigenvalue weighted by Gasteiger charge is -2.13. The molecule has 7 nitrogen and oxygen atoms in total. The van der Waals surface area contributed by atoms with Crippen LogP contribution in [0.2, 0.25) is 0 Å². The fourth-order valence-electron chi connectivity index (χ4n) is 2.27. The highest BCUT2D eigenvalue weighted by atomic mass is 16.1. The van der Waals surface area contributed by atoms with Crippen LogP contribution in [0.25, 0.3) is 0 Å². The molecule has 132 valence electrons. The monoisotopic (exact) mass is 348 g/mol. The second kappa shape index (κ2) is 8.06. The summed E-state index contributed by atoms with van der Waals surface area (Å²) in [6, 6.07) is 11.4. The Hall–Kier alpha value is -3.48. The maximum absolute atomic E-state index is 12.3. The number of amides is 1. The van der Waals surface area contributed by atoms with Gasteiger partial charge in [-0.25, -0.2) is 9.97 Å². The maximum atomic E-state index is 12.3. The molecule has 2 aromatic heterocycles. The first kappa shape index (κ1) is 17.3. The third-order valence-corrected chi connectivity index (χ3v) is 3.72. The molecule has 0 radical (unpaired) electrons. The molecule has 0 atom stereocenters. The number of rotatable bonds is 6. The molecule has 2 heterocycles. The van der Waals surface area contributed by atoms with Gasteiger partial charge in [-0.15, -0.1) is 0 Å². The largest absolute Gasteiger partial charge is 0.378 e. The van der Waals surface area contributed by atoms with Crippen molar-refractivity contribution in [1.29, 1.82) is 0 Å². The third kappa shape index (κ3) is 4.54. The minimum Gasteiger partial charge on any atom is -0.378 e. The Morgan fingerprint density at radius 1 is 1.04 bits per heavy atom. The molecule has 26 heavy (non-hydrogen) atoms. The fourth-order valence-corrected chi connectivity index (χ4v) is 2.27. The summed E-state index contributed by atoms with van der Waals surface area (Å²) in [5.74, 6) is 0.301. The molecule has 7 heteroatoms. The molecular weight excluding hydrogens is 328 g/mol. The number of anilines is 3. The number of aromatic nitrogens is 3. The number of benzene rings is 1. The van der Waals surface area contributed by atoms with Gasteiger partial charge in [0.1, 0.15) is 11.5 Å². The van der Waals surface area contributed by atoms with Gasteiger partial charge in [0.2, 0.25) is 0 Å². The van der Waals surface area contributed by atoms with Gasteiger partial charge in [-0.1, -0.05) is 6.07 Å². The molecule has 2 N–H and O–H groups in total. The second-order valence-corrected chi connectivity index (χ2v) is 5.90. The molecular formula is C19H20N6O. The third-order valence-electron chi connectivity index (χ3n) is 3.72. The number of carbonyl (C=O) groups excluding carboxylic acids is 1. The number of hydrogen-bond donors (Lipinski definition) is 2. The molecule has 0 aliphatic rings. The average Bonchev–Trinajstić information content (AvgIpc) is 2.68. The Balaban J connectivity index is 1.58. The lowest BCUT2D eigenvalue weighted by atomic mass is 10.2. The van der Waals surface area contributed by atoms with Crippen LogP contribution in [0.3, 0.4) is 0 Å². The Kier molecular flexibility index (Phi) is 5.38. The lowest BCUT2D eigenvalue weighted by Crippen LogP contribution is -2.15. The van der Waals surface area contributed by atoms with Gasteiger partial charge in [-0.2, -0.15) is 0 Å². The van der Waals surface area contributed by atoms with Gasteiger partial charge in [0, 0.05) is 44.4 Å². The molecule has 3 rings (SSSR count). The second-order valence-electron chi connectivity index (χ2n) is 5.90. The maximum Gasteiger partial charge on any atom is 0.275 e. The van der Waals surface area contributed by atoms with Gasteiger partial charge in [0.25, 0.3) is 5.91 Å². The zero-order chi connectivity index (χ0) is 18.4. The van der Waals surface area contributed by atoms with Crippen molar-refractivity contribution >= 4 is 23.1 Å². The van der Waals surface area contributed by atoms with Crippen LogP contribution in [0, 0.1) is 0 Å². The SMILES string of the molecule is CN(C)c1ccc(NC(=O)c2cnc(NCc3cccnc3)cn2)cc1. The summed E-state index contributed by atoms with van der Waals surface area (Å²) in [5, 5.41) is 5.96. The van der Waals surface area contributed by atoms with Crippen LogP contribution in [0.5, 0.6) is 0 Å². The summed E-state index contributed by atoms with van der Waals surface area (Å²) in [6.07, 6.45) is 6.50. The molecule has 1 aromatic carbocycles. The minimum atomic E-state index is -0.297. The first-order chi connectivity index (χ1) is 12.6. The normalized spacial score (nSPS) is 10.2. The number of carbonyl (C=O) groups is 1. The smallest absolute Gasteiger partial charge is 0.275 e. The fraction of sp³-hybridized carbons (Fsp3) is 0.158. The molecule has 0 fully saturated rings. The number of nitrogens with one attached hydrogen (secondary N) is 2. The van der Waals surface area contributed by atoms with E-state index in [2.05, 4.69) is 25.6 Å². The van der Waals surface area contributed by atoms with Crippen molar-refractivity contribution in [3.05, 3.63) is 72.4 Å². The summed E-state index contributed by atoms with van der Waals surface area (Å²) in [4.78, 5) is 26.7. The Labute approximate surface area is 152 Å². The Morgan fingerprint density at radius 2 is 1.85 bits per heavy atom. The summed E-state index contributed by atoms with van der Waals surface area (Å²) in [6.45, 7) is 0.590. The van der Waals surface area contributed by atoms with Gasteiger partial charge in [0.05, 0.1) is 12.4 Å². The van der Waals surface area contributed by atoms with Crippen LogP contribution >= 0.6 is 0 Å². The van der Waals surface area contributed by atoms with Gasteiger partial charge in [-0.05, 0) is 35.9 Å². The van der Waals surface area contributed by atoms with E-state index in [-0.39, 0.29) is 11.6 Å². The van der Waals surface area contributed by atoms with Crippen molar-refractivity contribution in [1.82, 2.24) is 15.0 Å². The molecule has 0 saturated heterocycles. The van der Waals surface area contributed by atoms with Gasteiger partial charge >= 0.3 is 0 Å². The summed E-state index contributed by atoms with van der Waals surface area (Å²) in [7, 11) is 3.93. The van der Waals surface area contributed by atoms with Crippen molar-refractivity contribution in [2.24, 2.45) is 0 Å². The molecule has 0 aliphatic carbocycles. The van der Waals surface area contributed by atoms with Crippen LogP contribution < -0.4 is 15.5 Å². The zero-order valence-corrected chi connectivity index (χ0v) is 14.7. The molecule has 1 amide bonds. The van der Waals surface area contributed by atoms with E-state index < -0.39 is 0 Å². The summed E-state index contributed by atoms with van der Waals surface area (Å²) in [5.41, 5.74) is 3.07. The van der Waals surface area contributed by atoms with Gasteiger partial charge < -0.3 is 15.5 Å². The number of pyridine rings is 1. The van der Waals surface area contributed by atoms with E-state index in [1.54, 1.807) is 18.6 Å². The molecule has 0 saturated carbocycles.